The van der Waals surface area contributed by atoms with Gasteiger partial charge in [-0.05, 0) is 56.4 Å². The van der Waals surface area contributed by atoms with Crippen LogP contribution in [0.25, 0.3) is 10.8 Å². The van der Waals surface area contributed by atoms with Gasteiger partial charge in [-0.25, -0.2) is 0 Å². The molecule has 1 aliphatic heterocycles. The molecule has 20 heavy (non-hydrogen) atoms. The first-order chi connectivity index (χ1) is 9.84. The SMILES string of the molecule is Brc1ccc(NCCCN2CCCC2)c2ccccc12. The predicted molar refractivity (Wildman–Crippen MR) is 90.4 cm³/mol. The second-order valence-corrected chi connectivity index (χ2v) is 6.32. The topological polar surface area (TPSA) is 15.3 Å². The molecule has 3 heteroatoms. The van der Waals surface area contributed by atoms with E-state index in [-0.39, 0.29) is 0 Å². The number of hydrogen-bond acceptors (Lipinski definition) is 2. The van der Waals surface area contributed by atoms with Crippen LogP contribution in [0.2, 0.25) is 0 Å². The zero-order chi connectivity index (χ0) is 13.8. The molecule has 0 amide bonds. The summed E-state index contributed by atoms with van der Waals surface area (Å²) in [5.74, 6) is 0. The van der Waals surface area contributed by atoms with Crippen molar-refractivity contribution in [2.24, 2.45) is 0 Å². The average molecular weight is 333 g/mol. The molecule has 0 saturated carbocycles. The van der Waals surface area contributed by atoms with E-state index in [1.54, 1.807) is 0 Å². The molecule has 3 rings (SSSR count). The molecule has 1 saturated heterocycles. The summed E-state index contributed by atoms with van der Waals surface area (Å²) in [6, 6.07) is 12.8. The zero-order valence-electron chi connectivity index (χ0n) is 11.7. The number of benzene rings is 2. The maximum Gasteiger partial charge on any atom is 0.0420 e. The van der Waals surface area contributed by atoms with Gasteiger partial charge in [0.15, 0.2) is 0 Å². The van der Waals surface area contributed by atoms with Gasteiger partial charge in [-0.2, -0.15) is 0 Å². The molecule has 0 unspecified atom stereocenters. The first-order valence-corrected chi connectivity index (χ1v) is 8.27. The van der Waals surface area contributed by atoms with E-state index in [0.29, 0.717) is 0 Å². The van der Waals surface area contributed by atoms with Crippen LogP contribution in [-0.2, 0) is 0 Å². The van der Waals surface area contributed by atoms with E-state index in [0.717, 1.165) is 11.0 Å². The molecular formula is C17H21BrN2. The van der Waals surface area contributed by atoms with Gasteiger partial charge in [-0.15, -0.1) is 0 Å². The summed E-state index contributed by atoms with van der Waals surface area (Å²) in [5, 5.41) is 6.16. The summed E-state index contributed by atoms with van der Waals surface area (Å²) >= 11 is 3.62. The molecule has 1 aliphatic rings. The molecule has 2 nitrogen and oxygen atoms in total. The summed E-state index contributed by atoms with van der Waals surface area (Å²) in [6.07, 6.45) is 3.97. The lowest BCUT2D eigenvalue weighted by atomic mass is 10.1. The Kier molecular flexibility index (Phi) is 4.58. The quantitative estimate of drug-likeness (QED) is 0.811. The first-order valence-electron chi connectivity index (χ1n) is 7.48. The van der Waals surface area contributed by atoms with Gasteiger partial charge in [0, 0.05) is 22.1 Å². The third-order valence-electron chi connectivity index (χ3n) is 4.04. The Balaban J connectivity index is 1.61. The lowest BCUT2D eigenvalue weighted by molar-refractivity contribution is 0.337. The second kappa shape index (κ2) is 6.59. The molecule has 0 bridgehead atoms. The predicted octanol–water partition coefficient (Wildman–Crippen LogP) is 4.50. The van der Waals surface area contributed by atoms with Crippen molar-refractivity contribution in [3.8, 4) is 0 Å². The Morgan fingerprint density at radius 2 is 1.75 bits per heavy atom. The Hall–Kier alpha value is -1.06. The van der Waals surface area contributed by atoms with Gasteiger partial charge in [0.2, 0.25) is 0 Å². The normalized spacial score (nSPS) is 15.8. The number of likely N-dealkylation sites (tertiary alicyclic amines) is 1. The summed E-state index contributed by atoms with van der Waals surface area (Å²) in [7, 11) is 0. The third-order valence-corrected chi connectivity index (χ3v) is 4.73. The first kappa shape index (κ1) is 13.9. The van der Waals surface area contributed by atoms with Crippen molar-refractivity contribution >= 4 is 32.4 Å². The Bertz CT molecular complexity index is 576. The van der Waals surface area contributed by atoms with Gasteiger partial charge >= 0.3 is 0 Å². The van der Waals surface area contributed by atoms with Crippen molar-refractivity contribution in [2.75, 3.05) is 31.5 Å². The number of rotatable bonds is 5. The van der Waals surface area contributed by atoms with Gasteiger partial charge < -0.3 is 10.2 Å². The van der Waals surface area contributed by atoms with E-state index in [2.05, 4.69) is 62.5 Å². The number of fused-ring (bicyclic) bond motifs is 1. The number of anilines is 1. The molecule has 1 heterocycles. The number of hydrogen-bond donors (Lipinski definition) is 1. The smallest absolute Gasteiger partial charge is 0.0420 e. The monoisotopic (exact) mass is 332 g/mol. The largest absolute Gasteiger partial charge is 0.384 e. The van der Waals surface area contributed by atoms with Crippen molar-refractivity contribution < 1.29 is 0 Å². The fraction of sp³-hybridized carbons (Fsp3) is 0.412. The maximum absolute atomic E-state index is 3.62. The van der Waals surface area contributed by atoms with Crippen LogP contribution in [0.5, 0.6) is 0 Å². The number of nitrogens with zero attached hydrogens (tertiary/aromatic N) is 1. The van der Waals surface area contributed by atoms with Crippen LogP contribution in [0.15, 0.2) is 40.9 Å². The van der Waals surface area contributed by atoms with E-state index in [4.69, 9.17) is 0 Å². The summed E-state index contributed by atoms with van der Waals surface area (Å²) in [4.78, 5) is 2.57. The van der Waals surface area contributed by atoms with Gasteiger partial charge in [0.05, 0.1) is 0 Å². The molecule has 0 spiro atoms. The lowest BCUT2D eigenvalue weighted by Gasteiger charge is -2.15. The van der Waals surface area contributed by atoms with E-state index in [1.807, 2.05) is 0 Å². The Morgan fingerprint density at radius 1 is 1.00 bits per heavy atom. The van der Waals surface area contributed by atoms with Gasteiger partial charge in [-0.3, -0.25) is 0 Å². The van der Waals surface area contributed by atoms with E-state index in [1.165, 1.54) is 55.4 Å². The molecule has 2 aromatic carbocycles. The van der Waals surface area contributed by atoms with Crippen LogP contribution in [-0.4, -0.2) is 31.1 Å². The molecule has 1 N–H and O–H groups in total. The molecule has 0 atom stereocenters. The van der Waals surface area contributed by atoms with E-state index < -0.39 is 0 Å². The second-order valence-electron chi connectivity index (χ2n) is 5.47. The van der Waals surface area contributed by atoms with E-state index >= 15 is 0 Å². The van der Waals surface area contributed by atoms with Crippen molar-refractivity contribution in [3.63, 3.8) is 0 Å². The highest BCUT2D eigenvalue weighted by Gasteiger charge is 2.10. The number of halogens is 1. The molecule has 106 valence electrons. The van der Waals surface area contributed by atoms with Crippen LogP contribution in [0.3, 0.4) is 0 Å². The zero-order valence-corrected chi connectivity index (χ0v) is 13.3. The molecule has 1 fully saturated rings. The maximum atomic E-state index is 3.62. The Morgan fingerprint density at radius 3 is 2.55 bits per heavy atom. The van der Waals surface area contributed by atoms with Crippen LogP contribution in [0, 0.1) is 0 Å². The lowest BCUT2D eigenvalue weighted by Crippen LogP contribution is -2.22. The highest BCUT2D eigenvalue weighted by atomic mass is 79.9. The molecule has 0 radical (unpaired) electrons. The minimum atomic E-state index is 1.04. The molecule has 0 aliphatic carbocycles. The molecule has 0 aromatic heterocycles. The standard InChI is InChI=1S/C17H21BrN2/c18-16-8-9-17(15-7-2-1-6-14(15)16)19-10-5-13-20-11-3-4-12-20/h1-2,6-9,19H,3-5,10-13H2. The minimum absolute atomic E-state index is 1.04. The molecule has 2 aromatic rings. The van der Waals surface area contributed by atoms with Crippen LogP contribution in [0.4, 0.5) is 5.69 Å². The fourth-order valence-electron chi connectivity index (χ4n) is 2.95. The summed E-state index contributed by atoms with van der Waals surface area (Å²) in [5.41, 5.74) is 1.24. The van der Waals surface area contributed by atoms with Gasteiger partial charge in [0.25, 0.3) is 0 Å². The van der Waals surface area contributed by atoms with Crippen LogP contribution >= 0.6 is 15.9 Å². The van der Waals surface area contributed by atoms with Crippen LogP contribution < -0.4 is 5.32 Å². The van der Waals surface area contributed by atoms with Crippen molar-refractivity contribution in [1.82, 2.24) is 4.90 Å². The fourth-order valence-corrected chi connectivity index (χ4v) is 3.43. The Labute approximate surface area is 129 Å². The number of nitrogens with one attached hydrogen (secondary N) is 1. The van der Waals surface area contributed by atoms with Crippen molar-refractivity contribution in [1.29, 1.82) is 0 Å². The minimum Gasteiger partial charge on any atom is -0.384 e. The van der Waals surface area contributed by atoms with Gasteiger partial charge in [0.1, 0.15) is 0 Å². The van der Waals surface area contributed by atoms with Gasteiger partial charge in [-0.1, -0.05) is 40.2 Å². The highest BCUT2D eigenvalue weighted by molar-refractivity contribution is 9.10. The summed E-state index contributed by atoms with van der Waals surface area (Å²) in [6.45, 7) is 4.85. The highest BCUT2D eigenvalue weighted by Crippen LogP contribution is 2.29. The average Bonchev–Trinajstić information content (AvgIpc) is 2.99. The molecular weight excluding hydrogens is 312 g/mol. The van der Waals surface area contributed by atoms with Crippen molar-refractivity contribution in [2.45, 2.75) is 19.3 Å². The third kappa shape index (κ3) is 3.15. The van der Waals surface area contributed by atoms with Crippen LogP contribution in [0.1, 0.15) is 19.3 Å². The summed E-state index contributed by atoms with van der Waals surface area (Å²) < 4.78 is 1.16. The van der Waals surface area contributed by atoms with Crippen molar-refractivity contribution in [3.05, 3.63) is 40.9 Å². The van der Waals surface area contributed by atoms with E-state index in [9.17, 15) is 0 Å².